The Balaban J connectivity index is 1.40. The summed E-state index contributed by atoms with van der Waals surface area (Å²) < 4.78 is 26.3. The normalized spacial score (nSPS) is 25.3. The Kier molecular flexibility index (Phi) is 5.68. The molecule has 2 aromatic carbocycles. The topological polar surface area (TPSA) is 41.9 Å². The molecule has 2 heterocycles. The number of halogens is 1. The van der Waals surface area contributed by atoms with Crippen molar-refractivity contribution in [3.05, 3.63) is 53.3 Å². The zero-order valence-corrected chi connectivity index (χ0v) is 17.4. The minimum Gasteiger partial charge on any atom is -0.505 e. The van der Waals surface area contributed by atoms with Crippen LogP contribution in [-0.2, 0) is 0 Å². The summed E-state index contributed by atoms with van der Waals surface area (Å²) >= 11 is 0. The van der Waals surface area contributed by atoms with Crippen molar-refractivity contribution in [1.29, 1.82) is 0 Å². The molecule has 29 heavy (non-hydrogen) atoms. The van der Waals surface area contributed by atoms with Crippen molar-refractivity contribution in [2.24, 2.45) is 0 Å². The van der Waals surface area contributed by atoms with Crippen LogP contribution >= 0.6 is 0 Å². The van der Waals surface area contributed by atoms with Gasteiger partial charge in [0.05, 0.1) is 0 Å². The number of hydrogen-bond donors (Lipinski definition) is 1. The second-order valence-electron chi connectivity index (χ2n) is 8.51. The predicted octanol–water partition coefficient (Wildman–Crippen LogP) is 5.41. The van der Waals surface area contributed by atoms with E-state index >= 15 is 0 Å². The number of benzene rings is 2. The van der Waals surface area contributed by atoms with Crippen LogP contribution in [0.3, 0.4) is 0 Å². The van der Waals surface area contributed by atoms with E-state index in [1.807, 2.05) is 31.2 Å². The number of phenolic OH excluding ortho intramolecular Hbond substituents is 1. The fourth-order valence-corrected chi connectivity index (χ4v) is 4.67. The summed E-state index contributed by atoms with van der Waals surface area (Å²) in [5.74, 6) is 0.441. The lowest BCUT2D eigenvalue weighted by atomic mass is 9.88. The molecule has 0 radical (unpaired) electrons. The molecule has 1 fully saturated rings. The molecular formula is C24H30FNO3. The fraction of sp³-hybridized carbons (Fsp3) is 0.500. The average molecular weight is 400 g/mol. The molecule has 0 saturated carbocycles. The van der Waals surface area contributed by atoms with Gasteiger partial charge in [0.2, 0.25) is 0 Å². The Morgan fingerprint density at radius 3 is 2.66 bits per heavy atom. The quantitative estimate of drug-likeness (QED) is 0.730. The van der Waals surface area contributed by atoms with Gasteiger partial charge in [0, 0.05) is 17.6 Å². The van der Waals surface area contributed by atoms with E-state index in [0.29, 0.717) is 36.4 Å². The summed E-state index contributed by atoms with van der Waals surface area (Å²) in [5, 5.41) is 9.63. The second-order valence-corrected chi connectivity index (χ2v) is 8.51. The van der Waals surface area contributed by atoms with Gasteiger partial charge < -0.3 is 14.6 Å². The van der Waals surface area contributed by atoms with Crippen LogP contribution in [0.1, 0.15) is 63.2 Å². The Bertz CT molecular complexity index is 854. The van der Waals surface area contributed by atoms with Gasteiger partial charge in [-0.2, -0.15) is 0 Å². The molecule has 2 aromatic rings. The predicted molar refractivity (Wildman–Crippen MR) is 111 cm³/mol. The minimum atomic E-state index is -0.571. The molecule has 0 aliphatic carbocycles. The minimum absolute atomic E-state index is 0.0323. The molecule has 1 N–H and O–H groups in total. The van der Waals surface area contributed by atoms with Crippen molar-refractivity contribution < 1.29 is 19.0 Å². The van der Waals surface area contributed by atoms with E-state index in [0.717, 1.165) is 17.9 Å². The molecule has 4 rings (SSSR count). The van der Waals surface area contributed by atoms with Crippen molar-refractivity contribution in [2.45, 2.75) is 64.1 Å². The Morgan fingerprint density at radius 2 is 1.97 bits per heavy atom. The first-order chi connectivity index (χ1) is 13.9. The SMILES string of the molecule is CC1CCCN1C(C)COc1ccc([C@H]2C[C@H](C)c3c(ccc(O)c3F)O2)cc1. The van der Waals surface area contributed by atoms with Gasteiger partial charge in [-0.05, 0) is 75.4 Å². The van der Waals surface area contributed by atoms with E-state index in [1.54, 1.807) is 6.07 Å². The van der Waals surface area contributed by atoms with Gasteiger partial charge in [-0.25, -0.2) is 4.39 Å². The molecule has 4 nitrogen and oxygen atoms in total. The first-order valence-corrected chi connectivity index (χ1v) is 10.6. The zero-order valence-electron chi connectivity index (χ0n) is 17.4. The third kappa shape index (κ3) is 4.06. The maximum atomic E-state index is 14.3. The van der Waals surface area contributed by atoms with Crippen LogP contribution in [0.5, 0.6) is 17.2 Å². The van der Waals surface area contributed by atoms with E-state index in [-0.39, 0.29) is 17.8 Å². The van der Waals surface area contributed by atoms with Crippen LogP contribution in [0, 0.1) is 5.82 Å². The van der Waals surface area contributed by atoms with E-state index in [9.17, 15) is 9.50 Å². The number of fused-ring (bicyclic) bond motifs is 1. The van der Waals surface area contributed by atoms with E-state index in [2.05, 4.69) is 18.7 Å². The highest BCUT2D eigenvalue weighted by Crippen LogP contribution is 2.45. The number of rotatable bonds is 5. The first kappa shape index (κ1) is 20.0. The molecule has 2 aliphatic rings. The summed E-state index contributed by atoms with van der Waals surface area (Å²) in [6, 6.07) is 12.0. The number of hydrogen-bond acceptors (Lipinski definition) is 4. The summed E-state index contributed by atoms with van der Waals surface area (Å²) in [7, 11) is 0. The van der Waals surface area contributed by atoms with Gasteiger partial charge in [-0.3, -0.25) is 4.90 Å². The van der Waals surface area contributed by atoms with Gasteiger partial charge >= 0.3 is 0 Å². The number of ether oxygens (including phenoxy) is 2. The number of likely N-dealkylation sites (tertiary alicyclic amines) is 1. The molecular weight excluding hydrogens is 369 g/mol. The average Bonchev–Trinajstić information content (AvgIpc) is 3.15. The fourth-order valence-electron chi connectivity index (χ4n) is 4.67. The standard InChI is InChI=1S/C24H30FNO3/c1-15-13-22(29-21-11-10-20(27)24(25)23(15)21)18-6-8-19(9-7-18)28-14-17(3)26-12-4-5-16(26)2/h6-11,15-17,22,27H,4-5,12-14H2,1-3H3/t15-,16?,17?,22+/m0/s1. The lowest BCUT2D eigenvalue weighted by Gasteiger charge is -2.31. The monoisotopic (exact) mass is 399 g/mol. The highest BCUT2D eigenvalue weighted by atomic mass is 19.1. The van der Waals surface area contributed by atoms with Crippen LogP contribution in [0.2, 0.25) is 0 Å². The maximum absolute atomic E-state index is 14.3. The van der Waals surface area contributed by atoms with Crippen LogP contribution in [0.25, 0.3) is 0 Å². The van der Waals surface area contributed by atoms with Crippen molar-refractivity contribution in [2.75, 3.05) is 13.2 Å². The molecule has 2 aliphatic heterocycles. The second kappa shape index (κ2) is 8.23. The zero-order chi connectivity index (χ0) is 20.5. The molecule has 1 saturated heterocycles. The third-order valence-corrected chi connectivity index (χ3v) is 6.36. The summed E-state index contributed by atoms with van der Waals surface area (Å²) in [6.45, 7) is 8.31. The number of nitrogens with zero attached hydrogens (tertiary/aromatic N) is 1. The number of phenols is 1. The van der Waals surface area contributed by atoms with Gasteiger partial charge in [-0.1, -0.05) is 19.1 Å². The molecule has 2 unspecified atom stereocenters. The van der Waals surface area contributed by atoms with Crippen LogP contribution in [0.4, 0.5) is 4.39 Å². The van der Waals surface area contributed by atoms with Gasteiger partial charge in [0.1, 0.15) is 24.2 Å². The van der Waals surface area contributed by atoms with Gasteiger partial charge in [0.15, 0.2) is 11.6 Å². The molecule has 0 bridgehead atoms. The Morgan fingerprint density at radius 1 is 1.21 bits per heavy atom. The summed E-state index contributed by atoms with van der Waals surface area (Å²) in [5.41, 5.74) is 1.51. The van der Waals surface area contributed by atoms with Crippen LogP contribution < -0.4 is 9.47 Å². The third-order valence-electron chi connectivity index (χ3n) is 6.36. The maximum Gasteiger partial charge on any atom is 0.171 e. The highest BCUT2D eigenvalue weighted by Gasteiger charge is 2.30. The van der Waals surface area contributed by atoms with Crippen LogP contribution in [-0.4, -0.2) is 35.2 Å². The van der Waals surface area contributed by atoms with Crippen molar-refractivity contribution >= 4 is 0 Å². The lowest BCUT2D eigenvalue weighted by Crippen LogP contribution is -2.39. The lowest BCUT2D eigenvalue weighted by molar-refractivity contribution is 0.141. The van der Waals surface area contributed by atoms with E-state index < -0.39 is 5.82 Å². The summed E-state index contributed by atoms with van der Waals surface area (Å²) in [4.78, 5) is 2.51. The molecule has 4 atom stereocenters. The summed E-state index contributed by atoms with van der Waals surface area (Å²) in [6.07, 6.45) is 3.06. The molecule has 0 amide bonds. The highest BCUT2D eigenvalue weighted by molar-refractivity contribution is 5.45. The van der Waals surface area contributed by atoms with Crippen molar-refractivity contribution in [1.82, 2.24) is 4.90 Å². The first-order valence-electron chi connectivity index (χ1n) is 10.6. The van der Waals surface area contributed by atoms with Crippen LogP contribution in [0.15, 0.2) is 36.4 Å². The molecule has 156 valence electrons. The molecule has 5 heteroatoms. The van der Waals surface area contributed by atoms with Gasteiger partial charge in [0.25, 0.3) is 0 Å². The smallest absolute Gasteiger partial charge is 0.171 e. The van der Waals surface area contributed by atoms with E-state index in [4.69, 9.17) is 9.47 Å². The molecule has 0 aromatic heterocycles. The van der Waals surface area contributed by atoms with Crippen molar-refractivity contribution in [3.8, 4) is 17.2 Å². The van der Waals surface area contributed by atoms with E-state index in [1.165, 1.54) is 18.9 Å². The Hall–Kier alpha value is -2.27. The molecule has 0 spiro atoms. The van der Waals surface area contributed by atoms with Crippen molar-refractivity contribution in [3.63, 3.8) is 0 Å². The number of aromatic hydroxyl groups is 1. The largest absolute Gasteiger partial charge is 0.505 e. The van der Waals surface area contributed by atoms with Gasteiger partial charge in [-0.15, -0.1) is 0 Å². The Labute approximate surface area is 172 Å².